The molecule has 0 fully saturated rings. The van der Waals surface area contributed by atoms with Crippen LogP contribution in [-0.4, -0.2) is 5.16 Å². The first-order valence-electron chi connectivity index (χ1n) is 8.28. The van der Waals surface area contributed by atoms with E-state index in [4.69, 9.17) is 0 Å². The monoisotopic (exact) mass is 347 g/mol. The molecule has 0 radical (unpaired) electrons. The summed E-state index contributed by atoms with van der Waals surface area (Å²) in [5, 5.41) is 2.36. The Morgan fingerprint density at radius 2 is 1.48 bits per heavy atom. The molecular weight excluding hydrogens is 329 g/mol. The Labute approximate surface area is 152 Å². The van der Waals surface area contributed by atoms with Crippen LogP contribution in [0.25, 0.3) is 22.3 Å². The van der Waals surface area contributed by atoms with Crippen LogP contribution in [0.1, 0.15) is 18.9 Å². The molecule has 0 spiro atoms. The van der Waals surface area contributed by atoms with Crippen LogP contribution >= 0.6 is 12.2 Å². The summed E-state index contributed by atoms with van der Waals surface area (Å²) in [6, 6.07) is 21.2. The van der Waals surface area contributed by atoms with Crippen molar-refractivity contribution in [3.05, 3.63) is 78.1 Å². The number of aliphatic imine (C=N–C) groups is 1. The first-order valence-corrected chi connectivity index (χ1v) is 8.69. The minimum atomic E-state index is -0.166. The van der Waals surface area contributed by atoms with Gasteiger partial charge in [-0.25, -0.2) is 4.39 Å². The van der Waals surface area contributed by atoms with Gasteiger partial charge < -0.3 is 0 Å². The molecule has 0 aromatic heterocycles. The van der Waals surface area contributed by atoms with E-state index in [0.717, 1.165) is 40.8 Å². The van der Waals surface area contributed by atoms with Gasteiger partial charge in [0.15, 0.2) is 0 Å². The second-order valence-corrected chi connectivity index (χ2v) is 6.07. The lowest BCUT2D eigenvalue weighted by Gasteiger charge is -2.08. The number of benzene rings is 3. The molecule has 0 aliphatic rings. The van der Waals surface area contributed by atoms with E-state index in [1.807, 2.05) is 60.7 Å². The molecule has 25 heavy (non-hydrogen) atoms. The first-order chi connectivity index (χ1) is 12.2. The van der Waals surface area contributed by atoms with Gasteiger partial charge in [0, 0.05) is 5.56 Å². The molecule has 0 atom stereocenters. The zero-order valence-corrected chi connectivity index (χ0v) is 14.8. The van der Waals surface area contributed by atoms with Gasteiger partial charge in [-0.2, -0.15) is 4.99 Å². The van der Waals surface area contributed by atoms with Crippen molar-refractivity contribution in [3.8, 4) is 22.3 Å². The minimum absolute atomic E-state index is 0.166. The summed E-state index contributed by atoms with van der Waals surface area (Å²) in [5.74, 6) is -0.166. The highest BCUT2D eigenvalue weighted by molar-refractivity contribution is 7.78. The number of rotatable bonds is 5. The Morgan fingerprint density at radius 1 is 0.880 bits per heavy atom. The second-order valence-electron chi connectivity index (χ2n) is 5.89. The van der Waals surface area contributed by atoms with E-state index < -0.39 is 0 Å². The van der Waals surface area contributed by atoms with E-state index in [1.54, 1.807) is 6.07 Å². The lowest BCUT2D eigenvalue weighted by atomic mass is 9.98. The molecule has 1 nitrogen and oxygen atoms in total. The van der Waals surface area contributed by atoms with E-state index in [0.29, 0.717) is 5.56 Å². The van der Waals surface area contributed by atoms with Gasteiger partial charge in [-0.1, -0.05) is 61.9 Å². The number of thiocarbonyl (C=S) groups is 1. The predicted molar refractivity (Wildman–Crippen MR) is 106 cm³/mol. The summed E-state index contributed by atoms with van der Waals surface area (Å²) >= 11 is 4.61. The summed E-state index contributed by atoms with van der Waals surface area (Å²) in [6.07, 6.45) is 1.92. The van der Waals surface area contributed by atoms with Gasteiger partial charge in [-0.15, -0.1) is 0 Å². The Hall–Kier alpha value is -2.61. The summed E-state index contributed by atoms with van der Waals surface area (Å²) in [4.78, 5) is 3.95. The molecule has 0 saturated carbocycles. The Bertz CT molecular complexity index is 908. The van der Waals surface area contributed by atoms with Crippen molar-refractivity contribution in [1.29, 1.82) is 0 Å². The topological polar surface area (TPSA) is 12.4 Å². The predicted octanol–water partition coefficient (Wildman–Crippen LogP) is 6.85. The molecule has 0 saturated heterocycles. The second kappa shape index (κ2) is 7.98. The average molecular weight is 347 g/mol. The fraction of sp³-hybridized carbons (Fsp3) is 0.136. The third kappa shape index (κ3) is 4.08. The minimum Gasteiger partial charge on any atom is -0.206 e. The largest absolute Gasteiger partial charge is 0.206 e. The number of hydrogen-bond acceptors (Lipinski definition) is 2. The Balaban J connectivity index is 1.86. The van der Waals surface area contributed by atoms with Gasteiger partial charge in [0.2, 0.25) is 0 Å². The van der Waals surface area contributed by atoms with Crippen molar-refractivity contribution in [2.45, 2.75) is 19.8 Å². The van der Waals surface area contributed by atoms with E-state index in [-0.39, 0.29) is 5.82 Å². The molecule has 0 aliphatic carbocycles. The molecule has 0 unspecified atom stereocenters. The maximum atomic E-state index is 14.4. The van der Waals surface area contributed by atoms with Gasteiger partial charge in [-0.3, -0.25) is 0 Å². The average Bonchev–Trinajstić information content (AvgIpc) is 2.63. The van der Waals surface area contributed by atoms with Gasteiger partial charge in [0.25, 0.3) is 0 Å². The van der Waals surface area contributed by atoms with Crippen LogP contribution in [0.4, 0.5) is 10.1 Å². The summed E-state index contributed by atoms with van der Waals surface area (Å²) in [5.41, 5.74) is 5.49. The molecule has 3 heteroatoms. The van der Waals surface area contributed by atoms with Crippen molar-refractivity contribution < 1.29 is 4.39 Å². The fourth-order valence-electron chi connectivity index (χ4n) is 2.86. The number of hydrogen-bond donors (Lipinski definition) is 0. The Kier molecular flexibility index (Phi) is 5.49. The molecular formula is C22H18FNS. The molecule has 0 aliphatic heterocycles. The molecule has 0 N–H and O–H groups in total. The van der Waals surface area contributed by atoms with Crippen LogP contribution in [0.3, 0.4) is 0 Å². The first kappa shape index (κ1) is 17.2. The van der Waals surface area contributed by atoms with Gasteiger partial charge in [-0.05, 0) is 59.1 Å². The van der Waals surface area contributed by atoms with Crippen LogP contribution in [-0.2, 0) is 6.42 Å². The van der Waals surface area contributed by atoms with Crippen molar-refractivity contribution in [2.24, 2.45) is 4.99 Å². The Morgan fingerprint density at radius 3 is 2.04 bits per heavy atom. The normalized spacial score (nSPS) is 10.3. The van der Waals surface area contributed by atoms with Crippen LogP contribution in [0.5, 0.6) is 0 Å². The fourth-order valence-corrected chi connectivity index (χ4v) is 2.97. The van der Waals surface area contributed by atoms with E-state index in [2.05, 4.69) is 29.3 Å². The number of isothiocyanates is 1. The molecule has 3 rings (SSSR count). The lowest BCUT2D eigenvalue weighted by molar-refractivity contribution is 0.628. The quantitative estimate of drug-likeness (QED) is 0.363. The third-order valence-corrected chi connectivity index (χ3v) is 4.23. The molecule has 0 amide bonds. The van der Waals surface area contributed by atoms with E-state index >= 15 is 0 Å². The van der Waals surface area contributed by atoms with E-state index in [9.17, 15) is 4.39 Å². The maximum Gasteiger partial charge on any atom is 0.131 e. The van der Waals surface area contributed by atoms with Crippen LogP contribution in [0.2, 0.25) is 0 Å². The molecule has 124 valence electrons. The highest BCUT2D eigenvalue weighted by Crippen LogP contribution is 2.28. The number of nitrogens with zero attached hydrogens (tertiary/aromatic N) is 1. The van der Waals surface area contributed by atoms with Crippen LogP contribution in [0, 0.1) is 5.82 Å². The van der Waals surface area contributed by atoms with Gasteiger partial charge in [0.1, 0.15) is 5.82 Å². The number of halogens is 1. The van der Waals surface area contributed by atoms with Gasteiger partial charge >= 0.3 is 0 Å². The van der Waals surface area contributed by atoms with Crippen LogP contribution in [0.15, 0.2) is 71.7 Å². The smallest absolute Gasteiger partial charge is 0.131 e. The third-order valence-electron chi connectivity index (χ3n) is 4.14. The highest BCUT2D eigenvalue weighted by atomic mass is 32.1. The summed E-state index contributed by atoms with van der Waals surface area (Å²) < 4.78 is 14.4. The van der Waals surface area contributed by atoms with Gasteiger partial charge in [0.05, 0.1) is 10.8 Å². The SMILES string of the molecule is CCCc1ccc(-c2ccc(-c3ccc(N=C=S)cc3)cc2)c(F)c1. The van der Waals surface area contributed by atoms with Crippen molar-refractivity contribution in [2.75, 3.05) is 0 Å². The zero-order chi connectivity index (χ0) is 17.6. The molecule has 0 heterocycles. The molecule has 3 aromatic rings. The zero-order valence-electron chi connectivity index (χ0n) is 14.0. The van der Waals surface area contributed by atoms with Crippen LogP contribution < -0.4 is 0 Å². The lowest BCUT2D eigenvalue weighted by Crippen LogP contribution is -1.89. The van der Waals surface area contributed by atoms with E-state index in [1.165, 1.54) is 0 Å². The van der Waals surface area contributed by atoms with Crippen molar-refractivity contribution >= 4 is 23.1 Å². The maximum absolute atomic E-state index is 14.4. The summed E-state index contributed by atoms with van der Waals surface area (Å²) in [7, 11) is 0. The number of aryl methyl sites for hydroxylation is 1. The standard InChI is InChI=1S/C22H18FNS/c1-2-3-16-4-13-21(22(23)14-16)19-7-5-17(6-8-19)18-9-11-20(12-10-18)24-15-25/h4-14H,2-3H2,1H3. The van der Waals surface area contributed by atoms with Crippen molar-refractivity contribution in [1.82, 2.24) is 0 Å². The summed E-state index contributed by atoms with van der Waals surface area (Å²) in [6.45, 7) is 2.10. The van der Waals surface area contributed by atoms with Crippen molar-refractivity contribution in [3.63, 3.8) is 0 Å². The molecule has 0 bridgehead atoms. The highest BCUT2D eigenvalue weighted by Gasteiger charge is 2.07. The molecule has 3 aromatic carbocycles.